The van der Waals surface area contributed by atoms with Gasteiger partial charge in [-0.3, -0.25) is 34.7 Å². The Labute approximate surface area is 212 Å². The lowest BCUT2D eigenvalue weighted by molar-refractivity contribution is -0.394. The Morgan fingerprint density at radius 1 is 0.973 bits per heavy atom. The summed E-state index contributed by atoms with van der Waals surface area (Å²) in [7, 11) is 1.33. The number of methoxy groups -OCH3 is 1. The molecular weight excluding hydrogens is 509 g/mol. The molecule has 0 aliphatic carbocycles. The average Bonchev–Trinajstić information content (AvgIpc) is 3.13. The number of carbonyl (C=O) groups excluding carboxylic acids is 2. The summed E-state index contributed by atoms with van der Waals surface area (Å²) in [4.78, 5) is 47.0. The van der Waals surface area contributed by atoms with Gasteiger partial charge in [-0.1, -0.05) is 24.3 Å². The quantitative estimate of drug-likeness (QED) is 0.206. The van der Waals surface area contributed by atoms with Crippen molar-refractivity contribution in [3.63, 3.8) is 0 Å². The van der Waals surface area contributed by atoms with Crippen molar-refractivity contribution in [2.24, 2.45) is 0 Å². The maximum absolute atomic E-state index is 14.0. The number of hydrogen-bond acceptors (Lipinski definition) is 9. The molecule has 0 radical (unpaired) electrons. The Hall–Kier alpha value is -4.78. The second-order valence-corrected chi connectivity index (χ2v) is 8.53. The molecule has 13 heteroatoms. The largest absolute Gasteiger partial charge is 0.493 e. The zero-order chi connectivity index (χ0) is 26.7. The van der Waals surface area contributed by atoms with E-state index in [9.17, 15) is 34.2 Å². The third-order valence-corrected chi connectivity index (χ3v) is 6.12. The van der Waals surface area contributed by atoms with Gasteiger partial charge in [-0.25, -0.2) is 4.39 Å². The van der Waals surface area contributed by atoms with E-state index < -0.39 is 38.2 Å². The van der Waals surface area contributed by atoms with Crippen LogP contribution >= 0.6 is 11.8 Å². The van der Waals surface area contributed by atoms with E-state index in [-0.39, 0.29) is 34.3 Å². The van der Waals surface area contributed by atoms with Gasteiger partial charge in [-0.2, -0.15) is 0 Å². The highest BCUT2D eigenvalue weighted by molar-refractivity contribution is 8.18. The van der Waals surface area contributed by atoms with Crippen molar-refractivity contribution in [3.8, 4) is 17.2 Å². The van der Waals surface area contributed by atoms with Gasteiger partial charge in [0.15, 0.2) is 11.5 Å². The molecule has 188 valence electrons. The first-order valence-corrected chi connectivity index (χ1v) is 11.3. The predicted molar refractivity (Wildman–Crippen MR) is 131 cm³/mol. The van der Waals surface area contributed by atoms with Crippen LogP contribution in [0, 0.1) is 26.0 Å². The first-order chi connectivity index (χ1) is 17.7. The van der Waals surface area contributed by atoms with Crippen LogP contribution in [0.2, 0.25) is 0 Å². The number of benzene rings is 3. The topological polar surface area (TPSA) is 142 Å². The van der Waals surface area contributed by atoms with E-state index in [4.69, 9.17) is 9.47 Å². The van der Waals surface area contributed by atoms with Gasteiger partial charge in [0, 0.05) is 11.6 Å². The Balaban J connectivity index is 1.58. The van der Waals surface area contributed by atoms with Crippen LogP contribution < -0.4 is 9.47 Å². The molecule has 3 aromatic carbocycles. The van der Waals surface area contributed by atoms with E-state index in [1.807, 2.05) is 0 Å². The molecule has 0 atom stereocenters. The van der Waals surface area contributed by atoms with E-state index in [0.717, 1.165) is 23.1 Å². The van der Waals surface area contributed by atoms with E-state index in [0.29, 0.717) is 17.3 Å². The van der Waals surface area contributed by atoms with Crippen molar-refractivity contribution < 1.29 is 33.3 Å². The monoisotopic (exact) mass is 525 g/mol. The number of non-ortho nitro benzene ring substituents is 1. The van der Waals surface area contributed by atoms with Gasteiger partial charge in [0.25, 0.3) is 16.8 Å². The van der Waals surface area contributed by atoms with Gasteiger partial charge in [0.05, 0.1) is 34.5 Å². The fourth-order valence-corrected chi connectivity index (χ4v) is 4.25. The zero-order valence-corrected chi connectivity index (χ0v) is 19.8. The molecule has 2 amide bonds. The number of nitrogens with zero attached hydrogens (tertiary/aromatic N) is 3. The molecule has 1 aliphatic heterocycles. The van der Waals surface area contributed by atoms with Crippen molar-refractivity contribution >= 4 is 40.4 Å². The summed E-state index contributed by atoms with van der Waals surface area (Å²) in [5, 5.41) is 21.8. The first kappa shape index (κ1) is 25.3. The molecule has 1 heterocycles. The molecule has 1 fully saturated rings. The highest BCUT2D eigenvalue weighted by Crippen LogP contribution is 2.39. The minimum atomic E-state index is -0.805. The fourth-order valence-electron chi connectivity index (χ4n) is 3.41. The number of nitro groups is 2. The van der Waals surface area contributed by atoms with Gasteiger partial charge < -0.3 is 9.47 Å². The molecular formula is C24H16FN3O8S. The molecule has 0 unspecified atom stereocenters. The second kappa shape index (κ2) is 10.5. The lowest BCUT2D eigenvalue weighted by atomic mass is 10.1. The summed E-state index contributed by atoms with van der Waals surface area (Å²) in [5.41, 5.74) is -0.414. The summed E-state index contributed by atoms with van der Waals surface area (Å²) >= 11 is 0.705. The number of rotatable bonds is 8. The summed E-state index contributed by atoms with van der Waals surface area (Å²) in [5.74, 6) is -1.13. The third-order valence-electron chi connectivity index (χ3n) is 5.22. The molecule has 0 bridgehead atoms. The molecule has 4 rings (SSSR count). The maximum Gasteiger partial charge on any atom is 0.318 e. The van der Waals surface area contributed by atoms with Crippen LogP contribution in [0.4, 0.5) is 20.6 Å². The van der Waals surface area contributed by atoms with Gasteiger partial charge in [0.2, 0.25) is 5.75 Å². The summed E-state index contributed by atoms with van der Waals surface area (Å²) in [6, 6.07) is 13.2. The molecule has 0 aromatic heterocycles. The van der Waals surface area contributed by atoms with E-state index in [1.165, 1.54) is 49.6 Å². The first-order valence-electron chi connectivity index (χ1n) is 10.5. The minimum absolute atomic E-state index is 0.0734. The number of thioether (sulfide) groups is 1. The van der Waals surface area contributed by atoms with Crippen molar-refractivity contribution in [2.45, 2.75) is 6.54 Å². The molecule has 1 saturated heterocycles. The van der Waals surface area contributed by atoms with E-state index in [2.05, 4.69) is 0 Å². The Bertz CT molecular complexity index is 1480. The Morgan fingerprint density at radius 3 is 2.38 bits per heavy atom. The van der Waals surface area contributed by atoms with Gasteiger partial charge in [-0.15, -0.1) is 0 Å². The predicted octanol–water partition coefficient (Wildman–Crippen LogP) is 5.68. The number of hydrogen-bond donors (Lipinski definition) is 0. The highest BCUT2D eigenvalue weighted by atomic mass is 32.2. The van der Waals surface area contributed by atoms with Crippen molar-refractivity contribution in [3.05, 3.63) is 103 Å². The standard InChI is InChI=1S/C24H16FN3O8S/c1-35-21-10-14(6-8-20(21)36-19-9-7-16(27(31)32)12-18(19)28(33)34)11-22-23(29)26(24(30)37-22)13-15-4-2-3-5-17(15)25/h2-12H,13H2,1H3/b22-11+. The molecule has 0 saturated carbocycles. The lowest BCUT2D eigenvalue weighted by Gasteiger charge is -2.13. The van der Waals surface area contributed by atoms with Crippen LogP contribution in [0.5, 0.6) is 17.2 Å². The maximum atomic E-state index is 14.0. The Morgan fingerprint density at radius 2 is 1.70 bits per heavy atom. The smallest absolute Gasteiger partial charge is 0.318 e. The van der Waals surface area contributed by atoms with Crippen molar-refractivity contribution in [1.82, 2.24) is 4.90 Å². The van der Waals surface area contributed by atoms with Crippen LogP contribution in [0.15, 0.2) is 65.6 Å². The average molecular weight is 525 g/mol. The number of imide groups is 1. The van der Waals surface area contributed by atoms with Crippen LogP contribution in [0.25, 0.3) is 6.08 Å². The molecule has 0 spiro atoms. The number of ether oxygens (including phenoxy) is 2. The number of halogens is 1. The minimum Gasteiger partial charge on any atom is -0.493 e. The summed E-state index contributed by atoms with van der Waals surface area (Å²) in [6.45, 7) is -0.210. The van der Waals surface area contributed by atoms with Gasteiger partial charge >= 0.3 is 5.69 Å². The number of nitro benzene ring substituents is 2. The van der Waals surface area contributed by atoms with Crippen molar-refractivity contribution in [1.29, 1.82) is 0 Å². The molecule has 1 aliphatic rings. The van der Waals surface area contributed by atoms with E-state index >= 15 is 0 Å². The van der Waals surface area contributed by atoms with Crippen LogP contribution in [-0.4, -0.2) is 33.0 Å². The summed E-state index contributed by atoms with van der Waals surface area (Å²) < 4.78 is 24.9. The normalized spacial score (nSPS) is 14.2. The second-order valence-electron chi connectivity index (χ2n) is 7.54. The lowest BCUT2D eigenvalue weighted by Crippen LogP contribution is -2.27. The number of carbonyl (C=O) groups is 2. The van der Waals surface area contributed by atoms with Gasteiger partial charge in [0.1, 0.15) is 5.82 Å². The van der Waals surface area contributed by atoms with Gasteiger partial charge in [-0.05, 0) is 47.7 Å². The molecule has 3 aromatic rings. The zero-order valence-electron chi connectivity index (χ0n) is 19.0. The Kier molecular flexibility index (Phi) is 7.15. The van der Waals surface area contributed by atoms with Crippen LogP contribution in [0.3, 0.4) is 0 Å². The van der Waals surface area contributed by atoms with Crippen LogP contribution in [0.1, 0.15) is 11.1 Å². The molecule has 0 N–H and O–H groups in total. The SMILES string of the molecule is COc1cc(/C=C2/SC(=O)N(Cc3ccccc3F)C2=O)ccc1Oc1ccc([N+](=O)[O-])cc1[N+](=O)[O-]. The van der Waals surface area contributed by atoms with Crippen LogP contribution in [-0.2, 0) is 11.3 Å². The van der Waals surface area contributed by atoms with E-state index in [1.54, 1.807) is 6.07 Å². The fraction of sp³-hybridized carbons (Fsp3) is 0.0833. The highest BCUT2D eigenvalue weighted by Gasteiger charge is 2.35. The van der Waals surface area contributed by atoms with Crippen molar-refractivity contribution in [2.75, 3.05) is 7.11 Å². The molecule has 37 heavy (non-hydrogen) atoms. The summed E-state index contributed by atoms with van der Waals surface area (Å²) in [6.07, 6.45) is 1.45. The molecule has 11 nitrogen and oxygen atoms in total. The third kappa shape index (κ3) is 5.41. The number of amides is 2.